The van der Waals surface area contributed by atoms with Gasteiger partial charge >= 0.3 is 6.18 Å². The number of halogens is 3. The molecular weight excluding hydrogens is 247 g/mol. The van der Waals surface area contributed by atoms with Crippen LogP contribution in [0.1, 0.15) is 5.56 Å². The normalized spacial score (nSPS) is 23.1. The number of fused-ring (bicyclic) bond motifs is 1. The average molecular weight is 257 g/mol. The highest BCUT2D eigenvalue weighted by Gasteiger charge is 2.66. The van der Waals surface area contributed by atoms with E-state index in [9.17, 15) is 23.1 Å². The van der Waals surface area contributed by atoms with Crippen LogP contribution in [0.15, 0.2) is 36.9 Å². The van der Waals surface area contributed by atoms with Gasteiger partial charge in [-0.3, -0.25) is 4.79 Å². The lowest BCUT2D eigenvalue weighted by molar-refractivity contribution is -0.253. The molecule has 0 bridgehead atoms. The van der Waals surface area contributed by atoms with E-state index in [-0.39, 0.29) is 12.2 Å². The van der Waals surface area contributed by atoms with E-state index < -0.39 is 23.2 Å². The summed E-state index contributed by atoms with van der Waals surface area (Å²) in [6, 6.07) is 5.31. The fourth-order valence-electron chi connectivity index (χ4n) is 2.02. The molecule has 2 rings (SSSR count). The number of aliphatic hydroxyl groups is 1. The summed E-state index contributed by atoms with van der Waals surface area (Å²) in [4.78, 5) is 12.7. The largest absolute Gasteiger partial charge is 0.430 e. The number of hydrogen-bond donors (Lipinski definition) is 1. The van der Waals surface area contributed by atoms with Gasteiger partial charge in [-0.15, -0.1) is 6.58 Å². The Morgan fingerprint density at radius 3 is 2.56 bits per heavy atom. The molecule has 0 saturated heterocycles. The van der Waals surface area contributed by atoms with Crippen LogP contribution in [0.5, 0.6) is 0 Å². The Morgan fingerprint density at radius 2 is 2.00 bits per heavy atom. The zero-order valence-electron chi connectivity index (χ0n) is 9.24. The Labute approximate surface area is 101 Å². The summed E-state index contributed by atoms with van der Waals surface area (Å²) in [5, 5.41) is 9.80. The number of carbonyl (C=O) groups excluding carboxylic acids is 1. The molecule has 0 aromatic heterocycles. The molecule has 6 heteroatoms. The van der Waals surface area contributed by atoms with Crippen molar-refractivity contribution in [1.29, 1.82) is 0 Å². The summed E-state index contributed by atoms with van der Waals surface area (Å²) in [5.41, 5.74) is -3.85. The number of amides is 1. The van der Waals surface area contributed by atoms with Crippen molar-refractivity contribution in [2.45, 2.75) is 11.8 Å². The summed E-state index contributed by atoms with van der Waals surface area (Å²) in [6.45, 7) is 3.30. The van der Waals surface area contributed by atoms with Crippen molar-refractivity contribution >= 4 is 11.6 Å². The standard InChI is InChI=1S/C12H10F3NO2/c1-2-7-16-9-6-4-3-5-8(9)11(18,10(16)17)12(13,14)15/h2-6,18H,1,7H2. The van der Waals surface area contributed by atoms with Gasteiger partial charge in [0.05, 0.1) is 5.69 Å². The molecule has 1 aromatic carbocycles. The van der Waals surface area contributed by atoms with Gasteiger partial charge < -0.3 is 10.0 Å². The Balaban J connectivity index is 2.66. The number of anilines is 1. The van der Waals surface area contributed by atoms with Gasteiger partial charge in [-0.2, -0.15) is 13.2 Å². The monoisotopic (exact) mass is 257 g/mol. The first-order valence-electron chi connectivity index (χ1n) is 5.15. The van der Waals surface area contributed by atoms with E-state index in [0.29, 0.717) is 0 Å². The smallest absolute Gasteiger partial charge is 0.368 e. The second kappa shape index (κ2) is 3.84. The van der Waals surface area contributed by atoms with Crippen LogP contribution in [0.25, 0.3) is 0 Å². The van der Waals surface area contributed by atoms with E-state index in [1.165, 1.54) is 24.3 Å². The molecule has 3 nitrogen and oxygen atoms in total. The lowest BCUT2D eigenvalue weighted by atomic mass is 9.95. The van der Waals surface area contributed by atoms with Crippen molar-refractivity contribution in [3.05, 3.63) is 42.5 Å². The topological polar surface area (TPSA) is 40.5 Å². The van der Waals surface area contributed by atoms with Crippen LogP contribution in [0.2, 0.25) is 0 Å². The average Bonchev–Trinajstić information content (AvgIpc) is 2.53. The zero-order chi connectivity index (χ0) is 13.6. The first kappa shape index (κ1) is 12.6. The van der Waals surface area contributed by atoms with Gasteiger partial charge in [0.25, 0.3) is 11.5 Å². The lowest BCUT2D eigenvalue weighted by Gasteiger charge is -2.25. The molecule has 1 heterocycles. The summed E-state index contributed by atoms with van der Waals surface area (Å²) < 4.78 is 38.9. The molecule has 0 spiro atoms. The molecule has 0 aliphatic carbocycles. The summed E-state index contributed by atoms with van der Waals surface area (Å²) in [6.07, 6.45) is -3.76. The Hall–Kier alpha value is -1.82. The third kappa shape index (κ3) is 1.45. The molecular formula is C12H10F3NO2. The maximum absolute atomic E-state index is 13.0. The van der Waals surface area contributed by atoms with Gasteiger partial charge in [0.15, 0.2) is 0 Å². The Morgan fingerprint density at radius 1 is 1.39 bits per heavy atom. The molecule has 1 amide bonds. The Bertz CT molecular complexity index is 512. The van der Waals surface area contributed by atoms with Crippen LogP contribution < -0.4 is 4.90 Å². The number of benzene rings is 1. The molecule has 1 aliphatic heterocycles. The van der Waals surface area contributed by atoms with Crippen LogP contribution >= 0.6 is 0 Å². The van der Waals surface area contributed by atoms with Crippen LogP contribution in [0, 0.1) is 0 Å². The van der Waals surface area contributed by atoms with Crippen LogP contribution in [-0.2, 0) is 10.4 Å². The molecule has 18 heavy (non-hydrogen) atoms. The van der Waals surface area contributed by atoms with Crippen LogP contribution in [0.3, 0.4) is 0 Å². The second-order valence-electron chi connectivity index (χ2n) is 3.93. The molecule has 1 unspecified atom stereocenters. The molecule has 0 saturated carbocycles. The molecule has 0 fully saturated rings. The van der Waals surface area contributed by atoms with Gasteiger partial charge in [0.2, 0.25) is 0 Å². The van der Waals surface area contributed by atoms with Gasteiger partial charge in [-0.25, -0.2) is 0 Å². The number of rotatable bonds is 2. The summed E-state index contributed by atoms with van der Waals surface area (Å²) >= 11 is 0. The number of alkyl halides is 3. The maximum atomic E-state index is 13.0. The number of hydrogen-bond acceptors (Lipinski definition) is 2. The molecule has 1 N–H and O–H groups in total. The second-order valence-corrected chi connectivity index (χ2v) is 3.93. The van der Waals surface area contributed by atoms with E-state index in [1.54, 1.807) is 0 Å². The van der Waals surface area contributed by atoms with E-state index in [4.69, 9.17) is 0 Å². The van der Waals surface area contributed by atoms with Gasteiger partial charge in [0.1, 0.15) is 0 Å². The first-order valence-corrected chi connectivity index (χ1v) is 5.15. The fourth-order valence-corrected chi connectivity index (χ4v) is 2.02. The van der Waals surface area contributed by atoms with E-state index in [0.717, 1.165) is 11.0 Å². The van der Waals surface area contributed by atoms with Gasteiger partial charge in [0, 0.05) is 12.1 Å². The van der Waals surface area contributed by atoms with E-state index >= 15 is 0 Å². The lowest BCUT2D eigenvalue weighted by Crippen LogP contribution is -2.50. The minimum absolute atomic E-state index is 0.0576. The minimum Gasteiger partial charge on any atom is -0.368 e. The third-order valence-corrected chi connectivity index (χ3v) is 2.86. The van der Waals surface area contributed by atoms with Gasteiger partial charge in [-0.05, 0) is 6.07 Å². The summed E-state index contributed by atoms with van der Waals surface area (Å²) in [5.74, 6) is -1.39. The minimum atomic E-state index is -5.06. The predicted octanol–water partition coefficient (Wildman–Crippen LogP) is 1.97. The third-order valence-electron chi connectivity index (χ3n) is 2.86. The zero-order valence-corrected chi connectivity index (χ0v) is 9.24. The molecule has 0 radical (unpaired) electrons. The molecule has 96 valence electrons. The van der Waals surface area contributed by atoms with Crippen molar-refractivity contribution < 1.29 is 23.1 Å². The van der Waals surface area contributed by atoms with Crippen molar-refractivity contribution in [2.24, 2.45) is 0 Å². The first-order chi connectivity index (χ1) is 8.34. The van der Waals surface area contributed by atoms with E-state index in [1.807, 2.05) is 0 Å². The predicted molar refractivity (Wildman–Crippen MR) is 58.9 cm³/mol. The maximum Gasteiger partial charge on any atom is 0.430 e. The molecule has 1 aromatic rings. The highest BCUT2D eigenvalue weighted by Crippen LogP contribution is 2.49. The summed E-state index contributed by atoms with van der Waals surface area (Å²) in [7, 11) is 0. The van der Waals surface area contributed by atoms with Gasteiger partial charge in [-0.1, -0.05) is 24.3 Å². The Kier molecular flexibility index (Phi) is 2.70. The molecule has 1 aliphatic rings. The highest BCUT2D eigenvalue weighted by atomic mass is 19.4. The SMILES string of the molecule is C=CCN1C(=O)C(O)(C(F)(F)F)c2ccccc21. The highest BCUT2D eigenvalue weighted by molar-refractivity contribution is 6.07. The quantitative estimate of drug-likeness (QED) is 0.823. The van der Waals surface area contributed by atoms with Crippen LogP contribution in [-0.4, -0.2) is 23.7 Å². The molecule has 1 atom stereocenters. The van der Waals surface area contributed by atoms with Crippen molar-refractivity contribution in [3.63, 3.8) is 0 Å². The number of carbonyl (C=O) groups is 1. The fraction of sp³-hybridized carbons (Fsp3) is 0.250. The van der Waals surface area contributed by atoms with Crippen molar-refractivity contribution in [3.8, 4) is 0 Å². The van der Waals surface area contributed by atoms with Crippen molar-refractivity contribution in [2.75, 3.05) is 11.4 Å². The van der Waals surface area contributed by atoms with Crippen LogP contribution in [0.4, 0.5) is 18.9 Å². The van der Waals surface area contributed by atoms with Crippen molar-refractivity contribution in [1.82, 2.24) is 0 Å². The number of para-hydroxylation sites is 1. The number of nitrogens with zero attached hydrogens (tertiary/aromatic N) is 1. The van der Waals surface area contributed by atoms with E-state index in [2.05, 4.69) is 6.58 Å².